The molecular weight excluding hydrogens is 660 g/mol. The smallest absolute Gasteiger partial charge is 0.388 e. The summed E-state index contributed by atoms with van der Waals surface area (Å²) in [6.45, 7) is -0.929. The fourth-order valence-electron chi connectivity index (χ4n) is 4.08. The molecule has 258 valence electrons. The van der Waals surface area contributed by atoms with Gasteiger partial charge in [-0.2, -0.15) is 4.31 Å². The van der Waals surface area contributed by atoms with Crippen LogP contribution in [0.15, 0.2) is 21.9 Å². The van der Waals surface area contributed by atoms with Crippen LogP contribution in [0.4, 0.5) is 0 Å². The summed E-state index contributed by atoms with van der Waals surface area (Å²) in [5, 5.41) is 53.3. The summed E-state index contributed by atoms with van der Waals surface area (Å²) in [7, 11) is -9.75. The largest absolute Gasteiger partial charge is 0.483 e. The minimum atomic E-state index is -5.68. The molecule has 2 aliphatic heterocycles. The van der Waals surface area contributed by atoms with Crippen LogP contribution in [0.2, 0.25) is 0 Å². The van der Waals surface area contributed by atoms with Gasteiger partial charge in [0.1, 0.15) is 42.7 Å². The van der Waals surface area contributed by atoms with Crippen LogP contribution in [0.25, 0.3) is 0 Å². The normalized spacial score (nSPS) is 32.9. The highest BCUT2D eigenvalue weighted by Crippen LogP contribution is 2.61. The van der Waals surface area contributed by atoms with Crippen molar-refractivity contribution in [1.82, 2.24) is 14.9 Å². The monoisotopic (exact) mass is 695 g/mol. The molecule has 6 unspecified atom stereocenters. The van der Waals surface area contributed by atoms with Gasteiger partial charge in [0.15, 0.2) is 12.5 Å². The first-order valence-electron chi connectivity index (χ1n) is 13.1. The minimum absolute atomic E-state index is 0.0345. The Morgan fingerprint density at radius 1 is 0.956 bits per heavy atom. The predicted octanol–water partition coefficient (Wildman–Crippen LogP) is -4.62. The van der Waals surface area contributed by atoms with Gasteiger partial charge in [-0.3, -0.25) is 28.2 Å². The number of rotatable bonds is 16. The number of phosphoric ester groups is 2. The van der Waals surface area contributed by atoms with Gasteiger partial charge in [-0.05, 0) is 0 Å². The number of aliphatic hydroxyl groups excluding tert-OH is 5. The zero-order valence-corrected chi connectivity index (χ0v) is 25.3. The third-order valence-electron chi connectivity index (χ3n) is 6.38. The number of aromatic amines is 1. The molecule has 0 bridgehead atoms. The third kappa shape index (κ3) is 10.5. The molecule has 1 amide bonds. The van der Waals surface area contributed by atoms with Crippen LogP contribution in [-0.2, 0) is 46.2 Å². The number of carbonyl (C=O) groups is 1. The summed E-state index contributed by atoms with van der Waals surface area (Å²) in [4.78, 5) is 57.2. The summed E-state index contributed by atoms with van der Waals surface area (Å²) < 4.78 is 59.3. The minimum Gasteiger partial charge on any atom is -0.388 e. The van der Waals surface area contributed by atoms with Gasteiger partial charge in [-0.1, -0.05) is 0 Å². The number of H-pyrrole nitrogens is 1. The Morgan fingerprint density at radius 3 is 2.31 bits per heavy atom. The van der Waals surface area contributed by atoms with E-state index < -0.39 is 101 Å². The van der Waals surface area contributed by atoms with E-state index in [0.29, 0.717) is 6.61 Å². The molecule has 45 heavy (non-hydrogen) atoms. The summed E-state index contributed by atoms with van der Waals surface area (Å²) >= 11 is 0. The second kappa shape index (κ2) is 16.2. The molecule has 1 aromatic heterocycles. The fourth-order valence-corrected chi connectivity index (χ4v) is 6.24. The van der Waals surface area contributed by atoms with Crippen LogP contribution >= 0.6 is 15.6 Å². The van der Waals surface area contributed by atoms with E-state index >= 15 is 0 Å². The van der Waals surface area contributed by atoms with Crippen LogP contribution in [0.3, 0.4) is 0 Å². The molecule has 2 aliphatic rings. The molecule has 3 heterocycles. The molecule has 11 atom stereocenters. The van der Waals surface area contributed by atoms with Crippen LogP contribution in [0.5, 0.6) is 0 Å². The Morgan fingerprint density at radius 2 is 1.64 bits per heavy atom. The van der Waals surface area contributed by atoms with Gasteiger partial charge >= 0.3 is 21.3 Å². The molecule has 0 aliphatic carbocycles. The Balaban J connectivity index is 1.54. The van der Waals surface area contributed by atoms with Crippen molar-refractivity contribution >= 4 is 21.6 Å². The molecule has 24 heteroatoms. The fraction of sp³-hybridized carbons (Fsp3) is 0.762. The van der Waals surface area contributed by atoms with Crippen LogP contribution in [-0.4, -0.2) is 140 Å². The maximum atomic E-state index is 12.5. The number of ether oxygens (including phenoxy) is 4. The summed E-state index contributed by atoms with van der Waals surface area (Å²) in [6.07, 6.45) is -15.7. The second-order valence-electron chi connectivity index (χ2n) is 9.66. The first-order chi connectivity index (χ1) is 21.0. The highest BCUT2D eigenvalue weighted by atomic mass is 31.3. The first-order valence-corrected chi connectivity index (χ1v) is 16.1. The lowest BCUT2D eigenvalue weighted by molar-refractivity contribution is -0.273. The molecule has 0 spiro atoms. The SMILES string of the molecule is COCCOCCC(=O)NCC1O[C@@H](OP(=O)(O)OP(=O)(O)OCC2OC(n3ccc(=O)[nH]c3=O)[C@H](O)[C@@H]2O)C(O)[C@@H](O)[C@H]1O. The van der Waals surface area contributed by atoms with Gasteiger partial charge in [-0.25, -0.2) is 13.9 Å². The van der Waals surface area contributed by atoms with Crippen LogP contribution in [0.1, 0.15) is 12.6 Å². The number of hydrogen-bond acceptors (Lipinski definition) is 17. The summed E-state index contributed by atoms with van der Waals surface area (Å²) in [6, 6.07) is 0.926. The lowest BCUT2D eigenvalue weighted by Crippen LogP contribution is -2.60. The maximum absolute atomic E-state index is 12.5. The molecule has 9 N–H and O–H groups in total. The summed E-state index contributed by atoms with van der Waals surface area (Å²) in [5.74, 6) is -0.559. The Hall–Kier alpha value is -1.95. The number of aromatic nitrogens is 2. The lowest BCUT2D eigenvalue weighted by Gasteiger charge is -2.40. The van der Waals surface area contributed by atoms with E-state index in [-0.39, 0.29) is 19.6 Å². The van der Waals surface area contributed by atoms with Gasteiger partial charge in [0.25, 0.3) is 5.56 Å². The standard InChI is InChI=1S/C21H35N3O19P2/c1-37-6-7-38-5-3-12(25)22-8-10-14(27)16(29)18(31)20(41-10)42-45(35,36)43-44(33,34)39-9-11-15(28)17(30)19(40-11)24-4-2-13(26)23-21(24)32/h2,4,10-11,14-20,27-31H,3,5-9H2,1H3,(H,22,25)(H,33,34)(H,35,36)(H,23,26,32)/t10?,11?,14-,15+,16-,17+,18?,19?,20-/m0/s1. The van der Waals surface area contributed by atoms with E-state index in [0.717, 1.165) is 16.8 Å². The molecule has 0 saturated carbocycles. The predicted molar refractivity (Wildman–Crippen MR) is 142 cm³/mol. The Labute approximate surface area is 253 Å². The first kappa shape index (κ1) is 37.5. The van der Waals surface area contributed by atoms with E-state index in [1.807, 2.05) is 4.98 Å². The number of hydrogen-bond donors (Lipinski definition) is 9. The van der Waals surface area contributed by atoms with E-state index in [9.17, 15) is 58.8 Å². The molecule has 0 aromatic carbocycles. The lowest BCUT2D eigenvalue weighted by atomic mass is 9.99. The number of aliphatic hydroxyl groups is 5. The van der Waals surface area contributed by atoms with Crippen molar-refractivity contribution in [2.45, 2.75) is 61.7 Å². The van der Waals surface area contributed by atoms with E-state index in [2.05, 4.69) is 18.7 Å². The molecule has 0 radical (unpaired) electrons. The molecule has 22 nitrogen and oxygen atoms in total. The van der Waals surface area contributed by atoms with Crippen molar-refractivity contribution in [3.8, 4) is 0 Å². The average molecular weight is 695 g/mol. The number of amides is 1. The molecular formula is C21H35N3O19P2. The van der Waals surface area contributed by atoms with Crippen molar-refractivity contribution in [3.63, 3.8) is 0 Å². The van der Waals surface area contributed by atoms with Gasteiger partial charge in [0, 0.05) is 32.3 Å². The quantitative estimate of drug-likeness (QED) is 0.0580. The van der Waals surface area contributed by atoms with Crippen LogP contribution in [0, 0.1) is 0 Å². The number of methoxy groups -OCH3 is 1. The van der Waals surface area contributed by atoms with E-state index in [4.69, 9.17) is 18.9 Å². The highest BCUT2D eigenvalue weighted by Gasteiger charge is 2.49. The third-order valence-corrected chi connectivity index (χ3v) is 8.98. The molecule has 3 rings (SSSR count). The van der Waals surface area contributed by atoms with E-state index in [1.165, 1.54) is 7.11 Å². The second-order valence-corrected chi connectivity index (χ2v) is 12.7. The number of nitrogens with one attached hydrogen (secondary N) is 2. The van der Waals surface area contributed by atoms with Crippen LogP contribution < -0.4 is 16.6 Å². The van der Waals surface area contributed by atoms with Crippen molar-refractivity contribution < 1.29 is 81.5 Å². The van der Waals surface area contributed by atoms with Gasteiger partial charge in [-0.15, -0.1) is 0 Å². The topological polar surface area (TPSA) is 324 Å². The van der Waals surface area contributed by atoms with Crippen molar-refractivity contribution in [1.29, 1.82) is 0 Å². The number of phosphoric acid groups is 2. The van der Waals surface area contributed by atoms with Crippen molar-refractivity contribution in [3.05, 3.63) is 33.1 Å². The van der Waals surface area contributed by atoms with Crippen molar-refractivity contribution in [2.24, 2.45) is 0 Å². The number of carbonyl (C=O) groups excluding carboxylic acids is 1. The Bertz CT molecular complexity index is 1340. The zero-order chi connectivity index (χ0) is 33.5. The number of nitrogens with zero attached hydrogens (tertiary/aromatic N) is 1. The van der Waals surface area contributed by atoms with Gasteiger partial charge in [0.2, 0.25) is 5.91 Å². The van der Waals surface area contributed by atoms with Gasteiger partial charge in [0.05, 0.1) is 26.4 Å². The molecule has 1 aromatic rings. The van der Waals surface area contributed by atoms with E-state index in [1.54, 1.807) is 0 Å². The summed E-state index contributed by atoms with van der Waals surface area (Å²) in [5.41, 5.74) is -1.76. The van der Waals surface area contributed by atoms with Crippen molar-refractivity contribution in [2.75, 3.05) is 40.1 Å². The zero-order valence-electron chi connectivity index (χ0n) is 23.5. The Kier molecular flexibility index (Phi) is 13.5. The maximum Gasteiger partial charge on any atom is 0.483 e. The van der Waals surface area contributed by atoms with Gasteiger partial charge < -0.3 is 59.6 Å². The average Bonchev–Trinajstić information content (AvgIpc) is 3.23. The highest BCUT2D eigenvalue weighted by molar-refractivity contribution is 7.61. The molecule has 2 fully saturated rings. The molecule has 2 saturated heterocycles.